The number of nitrogens with one attached hydrogen (secondary N) is 1. The van der Waals surface area contributed by atoms with Crippen molar-refractivity contribution in [1.82, 2.24) is 4.98 Å². The smallest absolute Gasteiger partial charge is 0.168 e. The van der Waals surface area contributed by atoms with E-state index < -0.39 is 11.6 Å². The van der Waals surface area contributed by atoms with E-state index >= 15 is 0 Å². The fourth-order valence-corrected chi connectivity index (χ4v) is 2.18. The summed E-state index contributed by atoms with van der Waals surface area (Å²) in [5.74, 6) is -0.531. The van der Waals surface area contributed by atoms with Crippen LogP contribution in [-0.2, 0) is 0 Å². The van der Waals surface area contributed by atoms with Crippen LogP contribution >= 0.6 is 0 Å². The molecule has 0 bridgehead atoms. The Morgan fingerprint density at radius 2 is 2.11 bits per heavy atom. The van der Waals surface area contributed by atoms with Crippen molar-refractivity contribution in [3.05, 3.63) is 53.7 Å². The lowest BCUT2D eigenvalue weighted by Crippen LogP contribution is -2.21. The molecule has 1 N–H and O–H groups in total. The van der Waals surface area contributed by atoms with Gasteiger partial charge in [0.25, 0.3) is 0 Å². The minimum absolute atomic E-state index is 0.0584. The first-order chi connectivity index (χ1) is 9.24. The fraction of sp³-hybridized carbons (Fsp3) is 0.214. The molecule has 2 aromatic rings. The average Bonchev–Trinajstić information content (AvgIpc) is 2.42. The molecule has 0 radical (unpaired) electrons. The Labute approximate surface area is 109 Å². The lowest BCUT2D eigenvalue weighted by Gasteiger charge is -2.27. The molecule has 1 aromatic carbocycles. The molecule has 0 spiro atoms. The standard InChI is InChI=1S/C14H12F2N2O/c15-9-7-11(16)14(17-8-9)18-12-5-6-19-13-4-2-1-3-10(12)13/h1-4,7-8,12H,5-6H2,(H,17,18). The van der Waals surface area contributed by atoms with Crippen molar-refractivity contribution in [3.8, 4) is 5.75 Å². The van der Waals surface area contributed by atoms with E-state index in [4.69, 9.17) is 4.74 Å². The van der Waals surface area contributed by atoms with E-state index in [1.165, 1.54) is 0 Å². The van der Waals surface area contributed by atoms with Gasteiger partial charge in [-0.3, -0.25) is 0 Å². The maximum absolute atomic E-state index is 13.6. The highest BCUT2D eigenvalue weighted by molar-refractivity contribution is 5.45. The maximum Gasteiger partial charge on any atom is 0.168 e. The van der Waals surface area contributed by atoms with Crippen LogP contribution in [0.3, 0.4) is 0 Å². The molecule has 1 aliphatic heterocycles. The summed E-state index contributed by atoms with van der Waals surface area (Å²) in [6.45, 7) is 0.553. The van der Waals surface area contributed by atoms with Crippen molar-refractivity contribution in [2.75, 3.05) is 11.9 Å². The van der Waals surface area contributed by atoms with E-state index in [1.807, 2.05) is 24.3 Å². The molecule has 3 nitrogen and oxygen atoms in total. The molecule has 98 valence electrons. The van der Waals surface area contributed by atoms with Gasteiger partial charge in [-0.05, 0) is 6.07 Å². The van der Waals surface area contributed by atoms with Gasteiger partial charge in [-0.2, -0.15) is 0 Å². The fourth-order valence-electron chi connectivity index (χ4n) is 2.18. The number of ether oxygens (including phenoxy) is 1. The van der Waals surface area contributed by atoms with Crippen molar-refractivity contribution in [2.45, 2.75) is 12.5 Å². The Balaban J connectivity index is 1.88. The molecule has 0 amide bonds. The maximum atomic E-state index is 13.6. The van der Waals surface area contributed by atoms with Crippen LogP contribution < -0.4 is 10.1 Å². The number of para-hydroxylation sites is 1. The number of benzene rings is 1. The van der Waals surface area contributed by atoms with Crippen LogP contribution in [-0.4, -0.2) is 11.6 Å². The number of rotatable bonds is 2. The molecule has 3 rings (SSSR count). The molecule has 5 heteroatoms. The van der Waals surface area contributed by atoms with Gasteiger partial charge < -0.3 is 10.1 Å². The van der Waals surface area contributed by atoms with E-state index in [-0.39, 0.29) is 11.9 Å². The van der Waals surface area contributed by atoms with E-state index in [1.54, 1.807) is 0 Å². The SMILES string of the molecule is Fc1cnc(NC2CCOc3ccccc32)c(F)c1. The summed E-state index contributed by atoms with van der Waals surface area (Å²) in [6.07, 6.45) is 1.70. The number of hydrogen-bond acceptors (Lipinski definition) is 3. The van der Waals surface area contributed by atoms with E-state index in [9.17, 15) is 8.78 Å². The van der Waals surface area contributed by atoms with Crippen LogP contribution in [0.1, 0.15) is 18.0 Å². The van der Waals surface area contributed by atoms with Crippen molar-refractivity contribution >= 4 is 5.82 Å². The highest BCUT2D eigenvalue weighted by atomic mass is 19.1. The minimum atomic E-state index is -0.691. The molecule has 0 saturated heterocycles. The van der Waals surface area contributed by atoms with Crippen molar-refractivity contribution < 1.29 is 13.5 Å². The molecule has 0 saturated carbocycles. The predicted molar refractivity (Wildman–Crippen MR) is 67.1 cm³/mol. The summed E-state index contributed by atoms with van der Waals surface area (Å²) < 4.78 is 31.9. The Kier molecular flexibility index (Phi) is 3.03. The zero-order valence-corrected chi connectivity index (χ0v) is 10.1. The lowest BCUT2D eigenvalue weighted by atomic mass is 10.0. The van der Waals surface area contributed by atoms with E-state index in [0.29, 0.717) is 13.0 Å². The first kappa shape index (κ1) is 11.9. The summed E-state index contributed by atoms with van der Waals surface area (Å²) in [5.41, 5.74) is 0.958. The molecular formula is C14H12F2N2O. The zero-order chi connectivity index (χ0) is 13.2. The second-order valence-electron chi connectivity index (χ2n) is 4.36. The molecule has 0 fully saturated rings. The average molecular weight is 262 g/mol. The monoisotopic (exact) mass is 262 g/mol. The van der Waals surface area contributed by atoms with Crippen molar-refractivity contribution in [2.24, 2.45) is 0 Å². The molecule has 1 aliphatic rings. The Hall–Kier alpha value is -2.17. The van der Waals surface area contributed by atoms with Gasteiger partial charge in [-0.15, -0.1) is 0 Å². The van der Waals surface area contributed by atoms with Gasteiger partial charge in [0, 0.05) is 18.1 Å². The number of aromatic nitrogens is 1. The number of fused-ring (bicyclic) bond motifs is 1. The molecule has 2 heterocycles. The van der Waals surface area contributed by atoms with Crippen LogP contribution in [0.25, 0.3) is 0 Å². The third-order valence-corrected chi connectivity index (χ3v) is 3.08. The molecule has 1 unspecified atom stereocenters. The summed E-state index contributed by atoms with van der Waals surface area (Å²) in [5, 5.41) is 3.00. The molecule has 1 atom stereocenters. The number of halogens is 2. The van der Waals surface area contributed by atoms with Crippen LogP contribution in [0, 0.1) is 11.6 Å². The third kappa shape index (κ3) is 2.36. The molecule has 0 aliphatic carbocycles. The molecular weight excluding hydrogens is 250 g/mol. The predicted octanol–water partition coefficient (Wildman–Crippen LogP) is 3.30. The second kappa shape index (κ2) is 4.84. The summed E-state index contributed by atoms with van der Waals surface area (Å²) in [6, 6.07) is 8.32. The van der Waals surface area contributed by atoms with Gasteiger partial charge in [0.05, 0.1) is 18.8 Å². The Morgan fingerprint density at radius 3 is 2.95 bits per heavy atom. The van der Waals surface area contributed by atoms with Gasteiger partial charge in [0.1, 0.15) is 11.6 Å². The lowest BCUT2D eigenvalue weighted by molar-refractivity contribution is 0.274. The van der Waals surface area contributed by atoms with Gasteiger partial charge in [0.2, 0.25) is 0 Å². The van der Waals surface area contributed by atoms with E-state index in [2.05, 4.69) is 10.3 Å². The second-order valence-corrected chi connectivity index (χ2v) is 4.36. The Morgan fingerprint density at radius 1 is 1.26 bits per heavy atom. The van der Waals surface area contributed by atoms with Gasteiger partial charge in [-0.1, -0.05) is 18.2 Å². The quantitative estimate of drug-likeness (QED) is 0.901. The third-order valence-electron chi connectivity index (χ3n) is 3.08. The zero-order valence-electron chi connectivity index (χ0n) is 10.1. The number of pyridine rings is 1. The van der Waals surface area contributed by atoms with Crippen LogP contribution in [0.15, 0.2) is 36.5 Å². The summed E-state index contributed by atoms with van der Waals surface area (Å²) in [7, 11) is 0. The largest absolute Gasteiger partial charge is 0.493 e. The number of hydrogen-bond donors (Lipinski definition) is 1. The summed E-state index contributed by atoms with van der Waals surface area (Å²) >= 11 is 0. The van der Waals surface area contributed by atoms with Gasteiger partial charge >= 0.3 is 0 Å². The Bertz CT molecular complexity index is 604. The van der Waals surface area contributed by atoms with Crippen molar-refractivity contribution in [3.63, 3.8) is 0 Å². The molecule has 19 heavy (non-hydrogen) atoms. The van der Waals surface area contributed by atoms with E-state index in [0.717, 1.165) is 23.6 Å². The van der Waals surface area contributed by atoms with Gasteiger partial charge in [-0.25, -0.2) is 13.8 Å². The van der Waals surface area contributed by atoms with Crippen LogP contribution in [0.2, 0.25) is 0 Å². The van der Waals surface area contributed by atoms with Crippen LogP contribution in [0.4, 0.5) is 14.6 Å². The summed E-state index contributed by atoms with van der Waals surface area (Å²) in [4.78, 5) is 3.74. The van der Waals surface area contributed by atoms with Crippen LogP contribution in [0.5, 0.6) is 5.75 Å². The number of nitrogens with zero attached hydrogens (tertiary/aromatic N) is 1. The first-order valence-corrected chi connectivity index (χ1v) is 6.03. The highest BCUT2D eigenvalue weighted by Gasteiger charge is 2.22. The highest BCUT2D eigenvalue weighted by Crippen LogP contribution is 2.34. The topological polar surface area (TPSA) is 34.2 Å². The number of anilines is 1. The normalized spacial score (nSPS) is 17.5. The first-order valence-electron chi connectivity index (χ1n) is 6.03. The minimum Gasteiger partial charge on any atom is -0.493 e. The van der Waals surface area contributed by atoms with Gasteiger partial charge in [0.15, 0.2) is 11.6 Å². The van der Waals surface area contributed by atoms with Crippen molar-refractivity contribution in [1.29, 1.82) is 0 Å². The molecule has 1 aromatic heterocycles.